The number of hydrogen-bond acceptors (Lipinski definition) is 2. The largest absolute Gasteiger partial charge is 0.489 e. The average molecular weight is 221 g/mol. The molecule has 0 radical (unpaired) electrons. The fourth-order valence-corrected chi connectivity index (χ4v) is 1.84. The van der Waals surface area contributed by atoms with Crippen LogP contribution in [-0.2, 0) is 0 Å². The normalized spacial score (nSPS) is 14.5. The van der Waals surface area contributed by atoms with E-state index in [-0.39, 0.29) is 12.1 Å². The highest BCUT2D eigenvalue weighted by Gasteiger charge is 2.17. The molecule has 0 aromatic heterocycles. The molecule has 2 nitrogen and oxygen atoms in total. The molecule has 1 rings (SSSR count). The molecule has 2 heteroatoms. The van der Waals surface area contributed by atoms with Gasteiger partial charge < -0.3 is 10.5 Å². The Bertz CT molecular complexity index is 311. The lowest BCUT2D eigenvalue weighted by atomic mass is 10.0. The van der Waals surface area contributed by atoms with Crippen LogP contribution in [0.3, 0.4) is 0 Å². The van der Waals surface area contributed by atoms with Crippen molar-refractivity contribution in [1.82, 2.24) is 0 Å². The zero-order valence-corrected chi connectivity index (χ0v) is 10.6. The maximum Gasteiger partial charge on any atom is 0.122 e. The predicted octanol–water partition coefficient (Wildman–Crippen LogP) is 3.28. The number of ether oxygens (including phenoxy) is 1. The first-order valence-corrected chi connectivity index (χ1v) is 6.16. The highest BCUT2D eigenvalue weighted by atomic mass is 16.5. The third-order valence-corrected chi connectivity index (χ3v) is 2.87. The van der Waals surface area contributed by atoms with Gasteiger partial charge in [-0.25, -0.2) is 0 Å². The smallest absolute Gasteiger partial charge is 0.122 e. The van der Waals surface area contributed by atoms with Crippen LogP contribution in [-0.4, -0.2) is 12.1 Å². The van der Waals surface area contributed by atoms with Gasteiger partial charge in [0.1, 0.15) is 11.9 Å². The van der Waals surface area contributed by atoms with E-state index in [2.05, 4.69) is 26.8 Å². The summed E-state index contributed by atoms with van der Waals surface area (Å²) >= 11 is 0. The Morgan fingerprint density at radius 3 is 2.50 bits per heavy atom. The molecule has 0 fully saturated rings. The van der Waals surface area contributed by atoms with Crippen LogP contribution in [0.2, 0.25) is 0 Å². The first-order chi connectivity index (χ1) is 7.69. The molecular weight excluding hydrogens is 198 g/mol. The standard InChI is InChI=1S/C14H23NO/c1-4-8-12(15)13(5-2)16-14-10-7-6-9-11(14)3/h6-7,9-10,12-13H,4-5,8,15H2,1-3H3. The van der Waals surface area contributed by atoms with Gasteiger partial charge in [-0.05, 0) is 31.4 Å². The van der Waals surface area contributed by atoms with E-state index in [1.54, 1.807) is 0 Å². The topological polar surface area (TPSA) is 35.2 Å². The van der Waals surface area contributed by atoms with Crippen molar-refractivity contribution in [2.24, 2.45) is 5.73 Å². The summed E-state index contributed by atoms with van der Waals surface area (Å²) in [6, 6.07) is 8.23. The molecule has 0 aliphatic rings. The van der Waals surface area contributed by atoms with Gasteiger partial charge in [0.15, 0.2) is 0 Å². The first-order valence-electron chi connectivity index (χ1n) is 6.16. The predicted molar refractivity (Wildman–Crippen MR) is 68.8 cm³/mol. The van der Waals surface area contributed by atoms with Gasteiger partial charge >= 0.3 is 0 Å². The van der Waals surface area contributed by atoms with Crippen molar-refractivity contribution in [2.75, 3.05) is 0 Å². The maximum absolute atomic E-state index is 6.11. The summed E-state index contributed by atoms with van der Waals surface area (Å²) in [4.78, 5) is 0. The number of para-hydroxylation sites is 1. The second kappa shape index (κ2) is 6.54. The lowest BCUT2D eigenvalue weighted by Gasteiger charge is -2.24. The molecule has 0 spiro atoms. The molecule has 90 valence electrons. The number of benzene rings is 1. The zero-order valence-electron chi connectivity index (χ0n) is 10.6. The van der Waals surface area contributed by atoms with Gasteiger partial charge in [-0.1, -0.05) is 38.5 Å². The lowest BCUT2D eigenvalue weighted by Crippen LogP contribution is -2.38. The van der Waals surface area contributed by atoms with Crippen LogP contribution in [0, 0.1) is 6.92 Å². The van der Waals surface area contributed by atoms with E-state index in [9.17, 15) is 0 Å². The molecule has 0 heterocycles. The fourth-order valence-electron chi connectivity index (χ4n) is 1.84. The summed E-state index contributed by atoms with van der Waals surface area (Å²) in [6.45, 7) is 6.34. The Hall–Kier alpha value is -1.02. The number of aryl methyl sites for hydroxylation is 1. The highest BCUT2D eigenvalue weighted by molar-refractivity contribution is 5.32. The highest BCUT2D eigenvalue weighted by Crippen LogP contribution is 2.20. The monoisotopic (exact) mass is 221 g/mol. The van der Waals surface area contributed by atoms with Gasteiger partial charge in [-0.3, -0.25) is 0 Å². The number of rotatable bonds is 6. The quantitative estimate of drug-likeness (QED) is 0.800. The summed E-state index contributed by atoms with van der Waals surface area (Å²) in [5, 5.41) is 0. The number of hydrogen-bond donors (Lipinski definition) is 1. The molecule has 0 amide bonds. The van der Waals surface area contributed by atoms with Crippen molar-refractivity contribution in [2.45, 2.75) is 52.2 Å². The molecule has 0 aliphatic carbocycles. The minimum atomic E-state index is 0.126. The van der Waals surface area contributed by atoms with Crippen LogP contribution in [0.25, 0.3) is 0 Å². The third kappa shape index (κ3) is 3.53. The average Bonchev–Trinajstić information content (AvgIpc) is 2.28. The number of nitrogens with two attached hydrogens (primary N) is 1. The Morgan fingerprint density at radius 2 is 1.94 bits per heavy atom. The molecular formula is C14H23NO. The van der Waals surface area contributed by atoms with E-state index >= 15 is 0 Å². The van der Waals surface area contributed by atoms with E-state index in [1.165, 1.54) is 5.56 Å². The van der Waals surface area contributed by atoms with E-state index in [4.69, 9.17) is 10.5 Å². The minimum Gasteiger partial charge on any atom is -0.489 e. The first kappa shape index (κ1) is 13.0. The zero-order chi connectivity index (χ0) is 12.0. The molecule has 2 atom stereocenters. The molecule has 0 aliphatic heterocycles. The van der Waals surface area contributed by atoms with Crippen molar-refractivity contribution in [1.29, 1.82) is 0 Å². The Kier molecular flexibility index (Phi) is 5.33. The van der Waals surface area contributed by atoms with Crippen LogP contribution in [0.4, 0.5) is 0 Å². The summed E-state index contributed by atoms with van der Waals surface area (Å²) in [6.07, 6.45) is 3.20. The maximum atomic E-state index is 6.11. The molecule has 2 unspecified atom stereocenters. The second-order valence-corrected chi connectivity index (χ2v) is 4.28. The van der Waals surface area contributed by atoms with Gasteiger partial charge in [-0.15, -0.1) is 0 Å². The molecule has 0 bridgehead atoms. The lowest BCUT2D eigenvalue weighted by molar-refractivity contribution is 0.160. The van der Waals surface area contributed by atoms with Crippen LogP contribution in [0.1, 0.15) is 38.7 Å². The van der Waals surface area contributed by atoms with Crippen molar-refractivity contribution in [3.63, 3.8) is 0 Å². The van der Waals surface area contributed by atoms with Gasteiger partial charge in [0.05, 0.1) is 0 Å². The summed E-state index contributed by atoms with van der Waals surface area (Å²) < 4.78 is 5.98. The molecule has 0 saturated heterocycles. The van der Waals surface area contributed by atoms with E-state index < -0.39 is 0 Å². The Balaban J connectivity index is 2.66. The van der Waals surface area contributed by atoms with E-state index in [0.29, 0.717) is 0 Å². The third-order valence-electron chi connectivity index (χ3n) is 2.87. The van der Waals surface area contributed by atoms with Crippen LogP contribution >= 0.6 is 0 Å². The summed E-state index contributed by atoms with van der Waals surface area (Å²) in [7, 11) is 0. The van der Waals surface area contributed by atoms with E-state index in [0.717, 1.165) is 25.0 Å². The van der Waals surface area contributed by atoms with Gasteiger partial charge in [0.2, 0.25) is 0 Å². The fraction of sp³-hybridized carbons (Fsp3) is 0.571. The van der Waals surface area contributed by atoms with Crippen LogP contribution < -0.4 is 10.5 Å². The Morgan fingerprint density at radius 1 is 1.25 bits per heavy atom. The van der Waals surface area contributed by atoms with Crippen molar-refractivity contribution < 1.29 is 4.74 Å². The van der Waals surface area contributed by atoms with E-state index in [1.807, 2.05) is 18.2 Å². The van der Waals surface area contributed by atoms with Crippen molar-refractivity contribution in [3.05, 3.63) is 29.8 Å². The molecule has 1 aromatic carbocycles. The van der Waals surface area contributed by atoms with Crippen LogP contribution in [0.15, 0.2) is 24.3 Å². The molecule has 1 aromatic rings. The van der Waals surface area contributed by atoms with Crippen LogP contribution in [0.5, 0.6) is 5.75 Å². The van der Waals surface area contributed by atoms with Gasteiger partial charge in [0, 0.05) is 6.04 Å². The molecule has 0 saturated carbocycles. The molecule has 16 heavy (non-hydrogen) atoms. The van der Waals surface area contributed by atoms with Crippen molar-refractivity contribution >= 4 is 0 Å². The van der Waals surface area contributed by atoms with Crippen molar-refractivity contribution in [3.8, 4) is 5.75 Å². The molecule has 2 N–H and O–H groups in total. The second-order valence-electron chi connectivity index (χ2n) is 4.28. The SMILES string of the molecule is CCCC(N)C(CC)Oc1ccccc1C. The minimum absolute atomic E-state index is 0.126. The Labute approximate surface area is 98.8 Å². The summed E-state index contributed by atoms with van der Waals surface area (Å²) in [5.74, 6) is 0.959. The van der Waals surface area contributed by atoms with Gasteiger partial charge in [0.25, 0.3) is 0 Å². The summed E-state index contributed by atoms with van der Waals surface area (Å²) in [5.41, 5.74) is 7.28. The van der Waals surface area contributed by atoms with Gasteiger partial charge in [-0.2, -0.15) is 0 Å².